The second-order valence-electron chi connectivity index (χ2n) is 3.86. The minimum Gasteiger partial charge on any atom is -0.273 e. The molecule has 0 saturated carbocycles. The minimum absolute atomic E-state index is 0.0332. The summed E-state index contributed by atoms with van der Waals surface area (Å²) in [5.41, 5.74) is 0. The second kappa shape index (κ2) is 6.91. The van der Waals surface area contributed by atoms with Gasteiger partial charge in [0.05, 0.1) is 0 Å². The topological polar surface area (TPSA) is 34.9 Å². The average molecular weight is 258 g/mol. The highest BCUT2D eigenvalue weighted by Crippen LogP contribution is 2.10. The van der Waals surface area contributed by atoms with Crippen LogP contribution >= 0.6 is 23.6 Å². The molecule has 0 atom stereocenters. The lowest BCUT2D eigenvalue weighted by molar-refractivity contribution is 0.0881. The summed E-state index contributed by atoms with van der Waals surface area (Å²) in [5.74, 6) is 0.0332. The average Bonchev–Trinajstić information content (AvgIpc) is 2.57. The Labute approximate surface area is 105 Å². The Morgan fingerprint density at radius 2 is 2.06 bits per heavy atom. The Morgan fingerprint density at radius 1 is 1.38 bits per heavy atom. The highest BCUT2D eigenvalue weighted by molar-refractivity contribution is 7.73. The first-order valence-electron chi connectivity index (χ1n) is 5.75. The zero-order chi connectivity index (χ0) is 12.0. The summed E-state index contributed by atoms with van der Waals surface area (Å²) in [5, 5.41) is 4.96. The fourth-order valence-electron chi connectivity index (χ4n) is 1.51. The lowest BCUT2D eigenvalue weighted by Gasteiger charge is -2.00. The smallest absolute Gasteiger partial charge is 0.248 e. The Hall–Kier alpha value is -0.550. The number of unbranched alkanes of at least 4 members (excludes halogenated alkanes) is 4. The largest absolute Gasteiger partial charge is 0.273 e. The van der Waals surface area contributed by atoms with Gasteiger partial charge in [-0.1, -0.05) is 43.9 Å². The monoisotopic (exact) mass is 258 g/mol. The van der Waals surface area contributed by atoms with Crippen LogP contribution in [0.25, 0.3) is 0 Å². The van der Waals surface area contributed by atoms with E-state index in [0.717, 1.165) is 17.8 Å². The summed E-state index contributed by atoms with van der Waals surface area (Å²) in [6.07, 6.45) is 6.31. The van der Waals surface area contributed by atoms with Crippen LogP contribution in [0.15, 0.2) is 0 Å². The third kappa shape index (κ3) is 4.14. The van der Waals surface area contributed by atoms with Crippen molar-refractivity contribution in [2.45, 2.75) is 52.4 Å². The molecule has 0 bridgehead atoms. The molecule has 16 heavy (non-hydrogen) atoms. The van der Waals surface area contributed by atoms with Gasteiger partial charge in [0.2, 0.25) is 5.91 Å². The fraction of sp³-hybridized carbons (Fsp3) is 0.727. The molecule has 0 spiro atoms. The van der Waals surface area contributed by atoms with E-state index in [1.54, 1.807) is 0 Å². The van der Waals surface area contributed by atoms with Gasteiger partial charge in [0.1, 0.15) is 5.01 Å². The zero-order valence-corrected chi connectivity index (χ0v) is 11.5. The van der Waals surface area contributed by atoms with Crippen molar-refractivity contribution in [3.8, 4) is 0 Å². The van der Waals surface area contributed by atoms with Gasteiger partial charge in [0.15, 0.2) is 3.95 Å². The number of aromatic nitrogens is 2. The molecule has 0 unspecified atom stereocenters. The maximum absolute atomic E-state index is 11.8. The standard InChI is InChI=1S/C11H18N2OS2/c1-3-4-5-6-7-8-10(14)13-11(15)16-9(2)12-13/h3-8H2,1-2H3. The van der Waals surface area contributed by atoms with Crippen molar-refractivity contribution >= 4 is 29.5 Å². The maximum atomic E-state index is 11.8. The third-order valence-corrected chi connectivity index (χ3v) is 3.53. The van der Waals surface area contributed by atoms with Gasteiger partial charge in [-0.2, -0.15) is 9.78 Å². The molecule has 1 aromatic rings. The van der Waals surface area contributed by atoms with Crippen LogP contribution in [0.1, 0.15) is 55.3 Å². The molecular formula is C11H18N2OS2. The van der Waals surface area contributed by atoms with Crippen molar-refractivity contribution in [2.75, 3.05) is 0 Å². The van der Waals surface area contributed by atoms with E-state index in [1.807, 2.05) is 6.92 Å². The van der Waals surface area contributed by atoms with E-state index >= 15 is 0 Å². The quantitative estimate of drug-likeness (QED) is 0.572. The van der Waals surface area contributed by atoms with Crippen molar-refractivity contribution in [3.63, 3.8) is 0 Å². The number of rotatable bonds is 6. The molecule has 5 heteroatoms. The van der Waals surface area contributed by atoms with Crippen LogP contribution < -0.4 is 0 Å². The number of hydrogen-bond acceptors (Lipinski definition) is 4. The highest BCUT2D eigenvalue weighted by Gasteiger charge is 2.08. The van der Waals surface area contributed by atoms with Crippen LogP contribution in [0.2, 0.25) is 0 Å². The number of hydrogen-bond donors (Lipinski definition) is 0. The summed E-state index contributed by atoms with van der Waals surface area (Å²) in [4.78, 5) is 11.8. The molecule has 0 amide bonds. The number of nitrogens with zero attached hydrogens (tertiary/aromatic N) is 2. The van der Waals surface area contributed by atoms with Gasteiger partial charge in [-0.15, -0.1) is 0 Å². The Bertz CT molecular complexity index is 395. The van der Waals surface area contributed by atoms with Crippen LogP contribution in [0, 0.1) is 10.9 Å². The molecule has 90 valence electrons. The fourth-order valence-corrected chi connectivity index (χ4v) is 2.62. The summed E-state index contributed by atoms with van der Waals surface area (Å²) in [7, 11) is 0. The molecule has 1 aromatic heterocycles. The predicted molar refractivity (Wildman–Crippen MR) is 69.7 cm³/mol. The Balaban J connectivity index is 2.36. The number of aryl methyl sites for hydroxylation is 1. The molecule has 1 rings (SSSR count). The predicted octanol–water partition coefficient (Wildman–Crippen LogP) is 3.98. The van der Waals surface area contributed by atoms with Gasteiger partial charge < -0.3 is 0 Å². The summed E-state index contributed by atoms with van der Waals surface area (Å²) >= 11 is 6.46. The zero-order valence-electron chi connectivity index (χ0n) is 9.86. The Kier molecular flexibility index (Phi) is 5.84. The van der Waals surface area contributed by atoms with E-state index in [-0.39, 0.29) is 5.91 Å². The van der Waals surface area contributed by atoms with Crippen LogP contribution in [0.3, 0.4) is 0 Å². The minimum atomic E-state index is 0.0332. The van der Waals surface area contributed by atoms with E-state index < -0.39 is 0 Å². The SMILES string of the molecule is CCCCCCCC(=O)n1nc(C)sc1=S. The van der Waals surface area contributed by atoms with Gasteiger partial charge in [-0.25, -0.2) is 0 Å². The van der Waals surface area contributed by atoms with Gasteiger partial charge >= 0.3 is 0 Å². The summed E-state index contributed by atoms with van der Waals surface area (Å²) in [6.45, 7) is 4.05. The second-order valence-corrected chi connectivity index (χ2v) is 5.68. The first-order valence-corrected chi connectivity index (χ1v) is 6.97. The van der Waals surface area contributed by atoms with Gasteiger partial charge in [0, 0.05) is 6.42 Å². The van der Waals surface area contributed by atoms with Gasteiger partial charge in [0.25, 0.3) is 0 Å². The first kappa shape index (κ1) is 13.5. The molecule has 1 heterocycles. The lowest BCUT2D eigenvalue weighted by atomic mass is 10.1. The molecule has 0 aliphatic heterocycles. The molecule has 0 N–H and O–H groups in total. The molecule has 3 nitrogen and oxygen atoms in total. The van der Waals surface area contributed by atoms with Crippen LogP contribution in [-0.2, 0) is 0 Å². The molecule has 0 aromatic carbocycles. The summed E-state index contributed by atoms with van der Waals surface area (Å²) < 4.78 is 1.94. The molecular weight excluding hydrogens is 240 g/mol. The molecule has 0 radical (unpaired) electrons. The molecule has 0 fully saturated rings. The van der Waals surface area contributed by atoms with Crippen LogP contribution in [-0.4, -0.2) is 15.7 Å². The van der Waals surface area contributed by atoms with Crippen molar-refractivity contribution in [1.29, 1.82) is 0 Å². The third-order valence-electron chi connectivity index (χ3n) is 2.38. The normalized spacial score (nSPS) is 10.6. The van der Waals surface area contributed by atoms with Gasteiger partial charge in [-0.3, -0.25) is 4.79 Å². The van der Waals surface area contributed by atoms with E-state index in [1.165, 1.54) is 35.3 Å². The maximum Gasteiger partial charge on any atom is 0.248 e. The van der Waals surface area contributed by atoms with Crippen molar-refractivity contribution in [1.82, 2.24) is 9.78 Å². The van der Waals surface area contributed by atoms with Gasteiger partial charge in [-0.05, 0) is 25.6 Å². The van der Waals surface area contributed by atoms with Crippen molar-refractivity contribution in [2.24, 2.45) is 0 Å². The van der Waals surface area contributed by atoms with E-state index in [4.69, 9.17) is 12.2 Å². The highest BCUT2D eigenvalue weighted by atomic mass is 32.1. The Morgan fingerprint density at radius 3 is 2.62 bits per heavy atom. The molecule has 0 aliphatic rings. The molecule has 0 aliphatic carbocycles. The lowest BCUT2D eigenvalue weighted by Crippen LogP contribution is -2.12. The van der Waals surface area contributed by atoms with E-state index in [2.05, 4.69) is 12.0 Å². The number of carbonyl (C=O) groups is 1. The van der Waals surface area contributed by atoms with E-state index in [0.29, 0.717) is 10.4 Å². The number of carbonyl (C=O) groups excluding carboxylic acids is 1. The van der Waals surface area contributed by atoms with Crippen LogP contribution in [0.5, 0.6) is 0 Å². The summed E-state index contributed by atoms with van der Waals surface area (Å²) in [6, 6.07) is 0. The van der Waals surface area contributed by atoms with Crippen molar-refractivity contribution in [3.05, 3.63) is 8.96 Å². The molecule has 0 saturated heterocycles. The van der Waals surface area contributed by atoms with Crippen LogP contribution in [0.4, 0.5) is 0 Å². The first-order chi connectivity index (χ1) is 7.65. The van der Waals surface area contributed by atoms with E-state index in [9.17, 15) is 4.79 Å². The van der Waals surface area contributed by atoms with Crippen molar-refractivity contribution < 1.29 is 4.79 Å².